The number of hydrogen-bond acceptors (Lipinski definition) is 3. The topological polar surface area (TPSA) is 20.3 Å². The zero-order valence-electron chi connectivity index (χ0n) is 8.07. The molecule has 0 aliphatic carbocycles. The first kappa shape index (κ1) is 9.99. The third-order valence-electron chi connectivity index (χ3n) is 1.81. The number of thiophene rings is 1. The molecule has 1 aromatic rings. The van der Waals surface area contributed by atoms with Crippen LogP contribution < -0.4 is 0 Å². The molecule has 0 radical (unpaired) electrons. The van der Waals surface area contributed by atoms with Crippen molar-refractivity contribution in [2.45, 2.75) is 6.92 Å². The van der Waals surface area contributed by atoms with Gasteiger partial charge in [-0.2, -0.15) is 0 Å². The van der Waals surface area contributed by atoms with Crippen LogP contribution >= 0.6 is 11.3 Å². The fraction of sp³-hybridized carbons (Fsp3) is 0.300. The summed E-state index contributed by atoms with van der Waals surface area (Å²) in [5.74, 6) is 0.0844. The lowest BCUT2D eigenvalue weighted by atomic mass is 10.2. The molecule has 0 aliphatic rings. The summed E-state index contributed by atoms with van der Waals surface area (Å²) in [5, 5.41) is 1.91. The number of rotatable bonds is 3. The molecular formula is C10H13NOS. The fourth-order valence-electron chi connectivity index (χ4n) is 0.809. The summed E-state index contributed by atoms with van der Waals surface area (Å²) in [6, 6.07) is 3.73. The lowest BCUT2D eigenvalue weighted by Gasteiger charge is -2.11. The van der Waals surface area contributed by atoms with Crippen LogP contribution in [0.4, 0.5) is 0 Å². The highest BCUT2D eigenvalue weighted by Crippen LogP contribution is 2.11. The van der Waals surface area contributed by atoms with Gasteiger partial charge >= 0.3 is 0 Å². The molecule has 1 heterocycles. The van der Waals surface area contributed by atoms with E-state index in [0.29, 0.717) is 0 Å². The average Bonchev–Trinajstić information content (AvgIpc) is 2.55. The van der Waals surface area contributed by atoms with Crippen LogP contribution in [-0.4, -0.2) is 24.8 Å². The number of carbonyl (C=O) groups is 1. The molecule has 0 aliphatic heterocycles. The zero-order valence-corrected chi connectivity index (χ0v) is 8.89. The predicted molar refractivity (Wildman–Crippen MR) is 56.1 cm³/mol. The molecule has 1 aromatic heterocycles. The standard InChI is InChI=1S/C10H13NOS/c1-8(11(2)3)7-9(12)10-5-4-6-13-10/h4-7H,1-3H3/b8-7-. The molecule has 0 saturated heterocycles. The maximum Gasteiger partial charge on any atom is 0.197 e. The highest BCUT2D eigenvalue weighted by Gasteiger charge is 2.03. The summed E-state index contributed by atoms with van der Waals surface area (Å²) >= 11 is 1.47. The Hall–Kier alpha value is -1.09. The molecule has 0 amide bonds. The summed E-state index contributed by atoms with van der Waals surface area (Å²) in [6.45, 7) is 1.92. The maximum atomic E-state index is 11.5. The Labute approximate surface area is 82.5 Å². The van der Waals surface area contributed by atoms with Gasteiger partial charge in [-0.25, -0.2) is 0 Å². The first-order chi connectivity index (χ1) is 6.11. The van der Waals surface area contributed by atoms with Gasteiger partial charge < -0.3 is 4.90 Å². The fourth-order valence-corrected chi connectivity index (χ4v) is 1.44. The van der Waals surface area contributed by atoms with Gasteiger partial charge in [0.2, 0.25) is 0 Å². The molecule has 1 rings (SSSR count). The number of nitrogens with zero attached hydrogens (tertiary/aromatic N) is 1. The van der Waals surface area contributed by atoms with E-state index in [0.717, 1.165) is 10.6 Å². The van der Waals surface area contributed by atoms with Crippen molar-refractivity contribution in [3.63, 3.8) is 0 Å². The molecular weight excluding hydrogens is 182 g/mol. The van der Waals surface area contributed by atoms with Crippen molar-refractivity contribution in [1.29, 1.82) is 0 Å². The maximum absolute atomic E-state index is 11.5. The predicted octanol–water partition coefficient (Wildman–Crippen LogP) is 2.40. The number of hydrogen-bond donors (Lipinski definition) is 0. The first-order valence-corrected chi connectivity index (χ1v) is 4.92. The normalized spacial score (nSPS) is 11.5. The Morgan fingerprint density at radius 3 is 2.69 bits per heavy atom. The zero-order chi connectivity index (χ0) is 9.84. The van der Waals surface area contributed by atoms with E-state index in [2.05, 4.69) is 0 Å². The molecule has 0 fully saturated rings. The monoisotopic (exact) mass is 195 g/mol. The summed E-state index contributed by atoms with van der Waals surface area (Å²) in [7, 11) is 3.85. The van der Waals surface area contributed by atoms with Gasteiger partial charge in [-0.15, -0.1) is 11.3 Å². The van der Waals surface area contributed by atoms with Crippen molar-refractivity contribution in [3.8, 4) is 0 Å². The first-order valence-electron chi connectivity index (χ1n) is 4.04. The Morgan fingerprint density at radius 1 is 1.54 bits per heavy atom. The van der Waals surface area contributed by atoms with Gasteiger partial charge in [0, 0.05) is 25.9 Å². The van der Waals surface area contributed by atoms with E-state index >= 15 is 0 Å². The van der Waals surface area contributed by atoms with Crippen LogP contribution in [0.2, 0.25) is 0 Å². The highest BCUT2D eigenvalue weighted by atomic mass is 32.1. The van der Waals surface area contributed by atoms with Gasteiger partial charge in [0.05, 0.1) is 4.88 Å². The molecule has 3 heteroatoms. The number of carbonyl (C=O) groups excluding carboxylic acids is 1. The van der Waals surface area contributed by atoms with Crippen molar-refractivity contribution < 1.29 is 4.79 Å². The molecule has 13 heavy (non-hydrogen) atoms. The molecule has 70 valence electrons. The van der Waals surface area contributed by atoms with E-state index in [4.69, 9.17) is 0 Å². The second-order valence-corrected chi connectivity index (χ2v) is 3.97. The largest absolute Gasteiger partial charge is 0.381 e. The van der Waals surface area contributed by atoms with Gasteiger partial charge in [-0.05, 0) is 18.4 Å². The van der Waals surface area contributed by atoms with Gasteiger partial charge in [-0.3, -0.25) is 4.79 Å². The highest BCUT2D eigenvalue weighted by molar-refractivity contribution is 7.12. The van der Waals surface area contributed by atoms with E-state index in [1.165, 1.54) is 11.3 Å². The van der Waals surface area contributed by atoms with Crippen molar-refractivity contribution in [3.05, 3.63) is 34.2 Å². The lowest BCUT2D eigenvalue weighted by Crippen LogP contribution is -2.09. The Bertz CT molecular complexity index is 312. The number of allylic oxidation sites excluding steroid dienone is 2. The van der Waals surface area contributed by atoms with Crippen molar-refractivity contribution in [2.24, 2.45) is 0 Å². The van der Waals surface area contributed by atoms with Crippen LogP contribution in [0.25, 0.3) is 0 Å². The number of ketones is 1. The third-order valence-corrected chi connectivity index (χ3v) is 2.69. The molecule has 0 unspecified atom stereocenters. The van der Waals surface area contributed by atoms with Crippen LogP contribution in [-0.2, 0) is 0 Å². The van der Waals surface area contributed by atoms with Crippen LogP contribution in [0.1, 0.15) is 16.6 Å². The van der Waals surface area contributed by atoms with Gasteiger partial charge in [0.15, 0.2) is 5.78 Å². The third kappa shape index (κ3) is 2.70. The molecule has 0 atom stereocenters. The van der Waals surface area contributed by atoms with Gasteiger partial charge in [0.25, 0.3) is 0 Å². The summed E-state index contributed by atoms with van der Waals surface area (Å²) < 4.78 is 0. The summed E-state index contributed by atoms with van der Waals surface area (Å²) in [6.07, 6.45) is 1.66. The smallest absolute Gasteiger partial charge is 0.197 e. The summed E-state index contributed by atoms with van der Waals surface area (Å²) in [5.41, 5.74) is 0.971. The Morgan fingerprint density at radius 2 is 2.23 bits per heavy atom. The van der Waals surface area contributed by atoms with Crippen LogP contribution in [0.15, 0.2) is 29.3 Å². The Kier molecular flexibility index (Phi) is 3.25. The van der Waals surface area contributed by atoms with E-state index < -0.39 is 0 Å². The van der Waals surface area contributed by atoms with E-state index in [1.807, 2.05) is 43.4 Å². The van der Waals surface area contributed by atoms with E-state index in [9.17, 15) is 4.79 Å². The van der Waals surface area contributed by atoms with Crippen molar-refractivity contribution in [1.82, 2.24) is 4.90 Å². The van der Waals surface area contributed by atoms with Crippen molar-refractivity contribution in [2.75, 3.05) is 14.1 Å². The average molecular weight is 195 g/mol. The second-order valence-electron chi connectivity index (χ2n) is 3.02. The molecule has 0 bridgehead atoms. The van der Waals surface area contributed by atoms with E-state index in [1.54, 1.807) is 6.08 Å². The SMILES string of the molecule is C/C(=C/C(=O)c1cccs1)N(C)C. The minimum atomic E-state index is 0.0844. The lowest BCUT2D eigenvalue weighted by molar-refractivity contribution is 0.104. The van der Waals surface area contributed by atoms with E-state index in [-0.39, 0.29) is 5.78 Å². The minimum Gasteiger partial charge on any atom is -0.381 e. The molecule has 0 saturated carbocycles. The van der Waals surface area contributed by atoms with Gasteiger partial charge in [0.1, 0.15) is 0 Å². The Balaban J connectivity index is 2.76. The molecule has 0 aromatic carbocycles. The second kappa shape index (κ2) is 4.23. The summed E-state index contributed by atoms with van der Waals surface area (Å²) in [4.78, 5) is 14.2. The van der Waals surface area contributed by atoms with Crippen LogP contribution in [0.5, 0.6) is 0 Å². The molecule has 0 N–H and O–H groups in total. The minimum absolute atomic E-state index is 0.0844. The molecule has 2 nitrogen and oxygen atoms in total. The van der Waals surface area contributed by atoms with Gasteiger partial charge in [-0.1, -0.05) is 6.07 Å². The quantitative estimate of drug-likeness (QED) is 0.545. The molecule has 0 spiro atoms. The van der Waals surface area contributed by atoms with Crippen LogP contribution in [0, 0.1) is 0 Å². The van der Waals surface area contributed by atoms with Crippen molar-refractivity contribution >= 4 is 17.1 Å². The van der Waals surface area contributed by atoms with Crippen LogP contribution in [0.3, 0.4) is 0 Å².